The average Bonchev–Trinajstić information content (AvgIpc) is 2.96. The van der Waals surface area contributed by atoms with E-state index >= 15 is 0 Å². The lowest BCUT2D eigenvalue weighted by molar-refractivity contribution is -0.119. The maximum atomic E-state index is 13.4. The molecule has 0 aliphatic carbocycles. The van der Waals surface area contributed by atoms with Crippen molar-refractivity contribution in [3.8, 4) is 0 Å². The molecule has 8 heteroatoms. The summed E-state index contributed by atoms with van der Waals surface area (Å²) in [5, 5.41) is 10.4. The van der Waals surface area contributed by atoms with Crippen LogP contribution in [0.15, 0.2) is 47.6 Å². The molecule has 0 bridgehead atoms. The molecule has 2 aliphatic heterocycles. The zero-order valence-electron chi connectivity index (χ0n) is 18.0. The van der Waals surface area contributed by atoms with Gasteiger partial charge in [-0.15, -0.1) is 0 Å². The second kappa shape index (κ2) is 10.4. The number of benzene rings is 2. The van der Waals surface area contributed by atoms with Crippen LogP contribution in [0.25, 0.3) is 0 Å². The molecule has 0 aromatic heterocycles. The van der Waals surface area contributed by atoms with Gasteiger partial charge in [0.1, 0.15) is 5.71 Å². The van der Waals surface area contributed by atoms with Crippen LogP contribution in [-0.4, -0.2) is 29.7 Å². The summed E-state index contributed by atoms with van der Waals surface area (Å²) in [7, 11) is 0. The van der Waals surface area contributed by atoms with Gasteiger partial charge < -0.3 is 0 Å². The van der Waals surface area contributed by atoms with Crippen molar-refractivity contribution >= 4 is 52.1 Å². The molecule has 1 fully saturated rings. The number of nitrogens with zero attached hydrogens (tertiary/aromatic N) is 3. The molecule has 0 radical (unpaired) electrons. The van der Waals surface area contributed by atoms with Crippen LogP contribution in [0, 0.1) is 5.92 Å². The zero-order chi connectivity index (χ0) is 22.7. The molecule has 2 aromatic rings. The molecule has 1 amide bonds. The molecule has 4 rings (SSSR count). The molecule has 5 nitrogen and oxygen atoms in total. The fourth-order valence-corrected chi connectivity index (χ4v) is 5.11. The summed E-state index contributed by atoms with van der Waals surface area (Å²) in [6, 6.07) is 12.8. The van der Waals surface area contributed by atoms with Gasteiger partial charge in [-0.05, 0) is 55.2 Å². The van der Waals surface area contributed by atoms with E-state index in [0.717, 1.165) is 37.9 Å². The Labute approximate surface area is 204 Å². The van der Waals surface area contributed by atoms with Gasteiger partial charge in [0, 0.05) is 29.1 Å². The third kappa shape index (κ3) is 5.07. The minimum Gasteiger partial charge on any atom is -0.284 e. The molecule has 2 aromatic carbocycles. The molecular formula is C24H27Cl3N4O. The number of hydrazone groups is 1. The van der Waals surface area contributed by atoms with Crippen molar-refractivity contribution in [2.24, 2.45) is 11.0 Å². The summed E-state index contributed by atoms with van der Waals surface area (Å²) in [6.07, 6.45) is 5.33. The van der Waals surface area contributed by atoms with Crippen molar-refractivity contribution in [1.82, 2.24) is 10.4 Å². The van der Waals surface area contributed by atoms with Gasteiger partial charge in [0.15, 0.2) is 0 Å². The van der Waals surface area contributed by atoms with Gasteiger partial charge >= 0.3 is 0 Å². The van der Waals surface area contributed by atoms with Gasteiger partial charge in [-0.25, -0.2) is 5.01 Å². The van der Waals surface area contributed by atoms with E-state index in [9.17, 15) is 4.79 Å². The van der Waals surface area contributed by atoms with Crippen LogP contribution in [-0.2, 0) is 4.79 Å². The van der Waals surface area contributed by atoms with E-state index in [1.807, 2.05) is 40.3 Å². The highest BCUT2D eigenvalue weighted by Gasteiger charge is 2.42. The Morgan fingerprint density at radius 3 is 2.28 bits per heavy atom. The number of hydrogen-bond donors (Lipinski definition) is 1. The molecule has 0 saturated carbocycles. The van der Waals surface area contributed by atoms with Crippen molar-refractivity contribution < 1.29 is 4.79 Å². The Hall–Kier alpha value is -1.79. The van der Waals surface area contributed by atoms with Crippen LogP contribution in [0.1, 0.15) is 50.6 Å². The largest absolute Gasteiger partial charge is 0.284 e. The van der Waals surface area contributed by atoms with Crippen molar-refractivity contribution in [3.05, 3.63) is 63.1 Å². The number of nitrogens with one attached hydrogen (secondary N) is 1. The SMILES string of the molecule is CCC1C(C(=O)NN2CCCCCC2)=NN(c2ccc(Cl)cc2Cl)C1c1ccc(Cl)cc1. The monoisotopic (exact) mass is 492 g/mol. The van der Waals surface area contributed by atoms with Crippen LogP contribution in [0.4, 0.5) is 5.69 Å². The quantitative estimate of drug-likeness (QED) is 0.517. The summed E-state index contributed by atoms with van der Waals surface area (Å²) in [4.78, 5) is 13.4. The topological polar surface area (TPSA) is 47.9 Å². The normalized spacial score (nSPS) is 21.9. The first-order chi connectivity index (χ1) is 15.5. The van der Waals surface area contributed by atoms with Crippen molar-refractivity contribution in [3.63, 3.8) is 0 Å². The number of rotatable bonds is 5. The first-order valence-corrected chi connectivity index (χ1v) is 12.3. The minimum atomic E-state index is -0.180. The number of anilines is 1. The summed E-state index contributed by atoms with van der Waals surface area (Å²) in [5.74, 6) is -0.250. The summed E-state index contributed by atoms with van der Waals surface area (Å²) in [6.45, 7) is 3.81. The van der Waals surface area contributed by atoms with Crippen molar-refractivity contribution in [2.75, 3.05) is 18.1 Å². The van der Waals surface area contributed by atoms with Gasteiger partial charge in [-0.1, -0.05) is 66.7 Å². The van der Waals surface area contributed by atoms with Crippen molar-refractivity contribution in [2.45, 2.75) is 45.1 Å². The Morgan fingerprint density at radius 1 is 1.00 bits per heavy atom. The molecule has 0 spiro atoms. The molecule has 32 heavy (non-hydrogen) atoms. The number of carbonyl (C=O) groups is 1. The standard InChI is InChI=1S/C24H27Cl3N4O/c1-2-19-22(24(32)29-30-13-5-3-4-6-14-30)28-31(21-12-11-18(26)15-20(21)27)23(19)16-7-9-17(25)10-8-16/h7-12,15,19,23H,2-6,13-14H2,1H3,(H,29,32). The Bertz CT molecular complexity index is 987. The fourth-order valence-electron chi connectivity index (χ4n) is 4.49. The van der Waals surface area contributed by atoms with E-state index in [0.29, 0.717) is 26.5 Å². The zero-order valence-corrected chi connectivity index (χ0v) is 20.3. The van der Waals surface area contributed by atoms with Gasteiger partial charge in [-0.2, -0.15) is 5.10 Å². The van der Waals surface area contributed by atoms with E-state index < -0.39 is 0 Å². The van der Waals surface area contributed by atoms with Crippen LogP contribution >= 0.6 is 34.8 Å². The van der Waals surface area contributed by atoms with E-state index in [4.69, 9.17) is 39.9 Å². The van der Waals surface area contributed by atoms with Gasteiger partial charge in [0.2, 0.25) is 0 Å². The maximum absolute atomic E-state index is 13.4. The molecule has 2 aliphatic rings. The fraction of sp³-hybridized carbons (Fsp3) is 0.417. The smallest absolute Gasteiger partial charge is 0.282 e. The molecule has 2 heterocycles. The number of hydrazine groups is 1. The second-order valence-corrected chi connectivity index (χ2v) is 9.56. The van der Waals surface area contributed by atoms with Gasteiger partial charge in [-0.3, -0.25) is 15.2 Å². The van der Waals surface area contributed by atoms with Crippen LogP contribution in [0.2, 0.25) is 15.1 Å². The first-order valence-electron chi connectivity index (χ1n) is 11.1. The van der Waals surface area contributed by atoms with E-state index in [2.05, 4.69) is 12.3 Å². The average molecular weight is 494 g/mol. The lowest BCUT2D eigenvalue weighted by Crippen LogP contribution is -2.47. The Morgan fingerprint density at radius 2 is 1.66 bits per heavy atom. The molecule has 1 N–H and O–H groups in total. The Kier molecular flexibility index (Phi) is 7.62. The van der Waals surface area contributed by atoms with Crippen molar-refractivity contribution in [1.29, 1.82) is 0 Å². The van der Waals surface area contributed by atoms with E-state index in [1.54, 1.807) is 12.1 Å². The lowest BCUT2D eigenvalue weighted by Gasteiger charge is -2.29. The summed E-state index contributed by atoms with van der Waals surface area (Å²) in [5.41, 5.74) is 5.36. The van der Waals surface area contributed by atoms with Crippen LogP contribution in [0.5, 0.6) is 0 Å². The first kappa shape index (κ1) is 23.4. The third-order valence-electron chi connectivity index (χ3n) is 6.12. The minimum absolute atomic E-state index is 0.102. The summed E-state index contributed by atoms with van der Waals surface area (Å²) < 4.78 is 0. The molecule has 2 atom stereocenters. The predicted molar refractivity (Wildman–Crippen MR) is 133 cm³/mol. The number of hydrogen-bond acceptors (Lipinski definition) is 4. The third-order valence-corrected chi connectivity index (χ3v) is 6.91. The van der Waals surface area contributed by atoms with Crippen LogP contribution < -0.4 is 10.4 Å². The number of carbonyl (C=O) groups excluding carboxylic acids is 1. The number of amides is 1. The highest BCUT2D eigenvalue weighted by atomic mass is 35.5. The maximum Gasteiger partial charge on any atom is 0.282 e. The van der Waals surface area contributed by atoms with Crippen LogP contribution in [0.3, 0.4) is 0 Å². The highest BCUT2D eigenvalue weighted by molar-refractivity contribution is 6.41. The highest BCUT2D eigenvalue weighted by Crippen LogP contribution is 2.43. The molecule has 170 valence electrons. The Balaban J connectivity index is 1.70. The lowest BCUT2D eigenvalue weighted by atomic mass is 9.87. The number of halogens is 3. The molecule has 2 unspecified atom stereocenters. The van der Waals surface area contributed by atoms with E-state index in [1.165, 1.54) is 12.8 Å². The molecule has 1 saturated heterocycles. The summed E-state index contributed by atoms with van der Waals surface area (Å²) >= 11 is 18.8. The van der Waals surface area contributed by atoms with Gasteiger partial charge in [0.05, 0.1) is 16.8 Å². The second-order valence-electron chi connectivity index (χ2n) is 8.28. The predicted octanol–water partition coefficient (Wildman–Crippen LogP) is 6.50. The van der Waals surface area contributed by atoms with Gasteiger partial charge in [0.25, 0.3) is 5.91 Å². The molecular weight excluding hydrogens is 467 g/mol. The van der Waals surface area contributed by atoms with E-state index in [-0.39, 0.29) is 17.9 Å².